The van der Waals surface area contributed by atoms with Crippen molar-refractivity contribution < 1.29 is 9.84 Å². The zero-order valence-electron chi connectivity index (χ0n) is 11.6. The molecule has 0 saturated carbocycles. The normalized spacial score (nSPS) is 15.2. The van der Waals surface area contributed by atoms with E-state index < -0.39 is 0 Å². The van der Waals surface area contributed by atoms with Crippen LogP contribution in [0.5, 0.6) is 5.75 Å². The Kier molecular flexibility index (Phi) is 5.20. The molecule has 0 spiro atoms. The van der Waals surface area contributed by atoms with Gasteiger partial charge in [0.1, 0.15) is 12.4 Å². The number of nitrogens with two attached hydrogens (primary N) is 2. The van der Waals surface area contributed by atoms with E-state index in [0.29, 0.717) is 23.6 Å². The van der Waals surface area contributed by atoms with Crippen molar-refractivity contribution in [3.63, 3.8) is 0 Å². The number of guanidine groups is 1. The van der Waals surface area contributed by atoms with Crippen LogP contribution >= 0.6 is 0 Å². The summed E-state index contributed by atoms with van der Waals surface area (Å²) in [6, 6.07) is 5.28. The van der Waals surface area contributed by atoms with E-state index >= 15 is 0 Å². The highest BCUT2D eigenvalue weighted by Gasteiger charge is 2.11. The molecule has 6 nitrogen and oxygen atoms in total. The summed E-state index contributed by atoms with van der Waals surface area (Å²) in [5.41, 5.74) is 12.0. The summed E-state index contributed by atoms with van der Waals surface area (Å²) >= 11 is 0. The SMILES string of the molecule is NC(N)=Nc1ccc(OCCN2CCCC2)c(CO)c1. The van der Waals surface area contributed by atoms with Crippen LogP contribution in [0.25, 0.3) is 0 Å². The third-order valence-corrected chi connectivity index (χ3v) is 3.34. The van der Waals surface area contributed by atoms with Crippen LogP contribution in [-0.4, -0.2) is 42.2 Å². The van der Waals surface area contributed by atoms with Gasteiger partial charge in [-0.2, -0.15) is 0 Å². The Balaban J connectivity index is 1.94. The molecule has 0 radical (unpaired) electrons. The zero-order chi connectivity index (χ0) is 14.4. The molecule has 1 heterocycles. The van der Waals surface area contributed by atoms with Crippen molar-refractivity contribution in [2.24, 2.45) is 16.5 Å². The van der Waals surface area contributed by atoms with Crippen LogP contribution in [0.15, 0.2) is 23.2 Å². The minimum atomic E-state index is -0.104. The minimum Gasteiger partial charge on any atom is -0.492 e. The van der Waals surface area contributed by atoms with Crippen LogP contribution in [0.3, 0.4) is 0 Å². The highest BCUT2D eigenvalue weighted by molar-refractivity contribution is 5.79. The molecule has 1 aromatic carbocycles. The Morgan fingerprint density at radius 1 is 1.30 bits per heavy atom. The predicted octanol–water partition coefficient (Wildman–Crippen LogP) is 0.558. The van der Waals surface area contributed by atoms with Gasteiger partial charge in [-0.3, -0.25) is 4.90 Å². The maximum absolute atomic E-state index is 9.39. The molecule has 0 aromatic heterocycles. The van der Waals surface area contributed by atoms with Crippen molar-refractivity contribution in [3.8, 4) is 5.75 Å². The van der Waals surface area contributed by atoms with E-state index in [1.165, 1.54) is 12.8 Å². The molecule has 0 aliphatic carbocycles. The maximum Gasteiger partial charge on any atom is 0.191 e. The summed E-state index contributed by atoms with van der Waals surface area (Å²) in [6.45, 7) is 3.74. The number of rotatable bonds is 6. The first-order valence-electron chi connectivity index (χ1n) is 6.87. The predicted molar refractivity (Wildman–Crippen MR) is 79.0 cm³/mol. The molecule has 2 rings (SSSR count). The van der Waals surface area contributed by atoms with Crippen LogP contribution < -0.4 is 16.2 Å². The van der Waals surface area contributed by atoms with Crippen molar-refractivity contribution in [1.29, 1.82) is 0 Å². The Bertz CT molecular complexity index is 466. The second kappa shape index (κ2) is 7.12. The molecule has 5 N–H and O–H groups in total. The summed E-state index contributed by atoms with van der Waals surface area (Å²) in [4.78, 5) is 6.33. The van der Waals surface area contributed by atoms with Crippen molar-refractivity contribution in [3.05, 3.63) is 23.8 Å². The summed E-state index contributed by atoms with van der Waals surface area (Å²) in [6.07, 6.45) is 2.55. The molecule has 20 heavy (non-hydrogen) atoms. The Morgan fingerprint density at radius 2 is 2.05 bits per heavy atom. The van der Waals surface area contributed by atoms with E-state index in [1.54, 1.807) is 18.2 Å². The van der Waals surface area contributed by atoms with Crippen LogP contribution in [0.1, 0.15) is 18.4 Å². The monoisotopic (exact) mass is 278 g/mol. The average Bonchev–Trinajstić information content (AvgIpc) is 2.92. The lowest BCUT2D eigenvalue weighted by Gasteiger charge is -2.16. The Morgan fingerprint density at radius 3 is 2.70 bits per heavy atom. The first-order chi connectivity index (χ1) is 9.69. The van der Waals surface area contributed by atoms with E-state index in [4.69, 9.17) is 16.2 Å². The highest BCUT2D eigenvalue weighted by Crippen LogP contribution is 2.24. The molecule has 1 saturated heterocycles. The summed E-state index contributed by atoms with van der Waals surface area (Å²) in [5.74, 6) is 0.679. The number of hydrogen-bond donors (Lipinski definition) is 3. The van der Waals surface area contributed by atoms with Gasteiger partial charge < -0.3 is 21.3 Å². The number of aliphatic hydroxyl groups is 1. The molecule has 1 aliphatic heterocycles. The van der Waals surface area contributed by atoms with Crippen LogP contribution in [0.2, 0.25) is 0 Å². The molecule has 1 aliphatic rings. The molecule has 110 valence electrons. The number of ether oxygens (including phenoxy) is 1. The molecular formula is C14H22N4O2. The van der Waals surface area contributed by atoms with Crippen molar-refractivity contribution in [1.82, 2.24) is 4.90 Å². The van der Waals surface area contributed by atoms with Gasteiger partial charge in [0.15, 0.2) is 5.96 Å². The quantitative estimate of drug-likeness (QED) is 0.522. The van der Waals surface area contributed by atoms with Gasteiger partial charge in [0.2, 0.25) is 0 Å². The third kappa shape index (κ3) is 4.11. The first-order valence-corrected chi connectivity index (χ1v) is 6.87. The minimum absolute atomic E-state index is 0.00316. The zero-order valence-corrected chi connectivity index (χ0v) is 11.6. The number of likely N-dealkylation sites (tertiary alicyclic amines) is 1. The lowest BCUT2D eigenvalue weighted by molar-refractivity contribution is 0.227. The summed E-state index contributed by atoms with van der Waals surface area (Å²) in [5, 5.41) is 9.39. The van der Waals surface area contributed by atoms with Crippen molar-refractivity contribution in [2.75, 3.05) is 26.2 Å². The van der Waals surface area contributed by atoms with Crippen LogP contribution in [-0.2, 0) is 6.61 Å². The molecular weight excluding hydrogens is 256 g/mol. The fraction of sp³-hybridized carbons (Fsp3) is 0.500. The summed E-state index contributed by atoms with van der Waals surface area (Å²) in [7, 11) is 0. The van der Waals surface area contributed by atoms with Gasteiger partial charge in [-0.1, -0.05) is 0 Å². The van der Waals surface area contributed by atoms with Gasteiger partial charge >= 0.3 is 0 Å². The number of hydrogen-bond acceptors (Lipinski definition) is 4. The van der Waals surface area contributed by atoms with Gasteiger partial charge in [0.25, 0.3) is 0 Å². The topological polar surface area (TPSA) is 97.1 Å². The van der Waals surface area contributed by atoms with Gasteiger partial charge in [0, 0.05) is 12.1 Å². The van der Waals surface area contributed by atoms with Crippen molar-refractivity contribution in [2.45, 2.75) is 19.4 Å². The van der Waals surface area contributed by atoms with E-state index in [2.05, 4.69) is 9.89 Å². The largest absolute Gasteiger partial charge is 0.492 e. The van der Waals surface area contributed by atoms with Crippen molar-refractivity contribution >= 4 is 11.6 Å². The van der Waals surface area contributed by atoms with Gasteiger partial charge in [-0.15, -0.1) is 0 Å². The van der Waals surface area contributed by atoms with E-state index in [1.807, 2.05) is 0 Å². The number of nitrogens with zero attached hydrogens (tertiary/aromatic N) is 2. The maximum atomic E-state index is 9.39. The van der Waals surface area contributed by atoms with E-state index in [-0.39, 0.29) is 12.6 Å². The fourth-order valence-corrected chi connectivity index (χ4v) is 2.34. The molecule has 1 fully saturated rings. The number of benzene rings is 1. The van der Waals surface area contributed by atoms with Crippen LogP contribution in [0.4, 0.5) is 5.69 Å². The molecule has 1 aromatic rings. The highest BCUT2D eigenvalue weighted by atomic mass is 16.5. The fourth-order valence-electron chi connectivity index (χ4n) is 2.34. The number of aliphatic hydroxyl groups excluding tert-OH is 1. The molecule has 0 amide bonds. The lowest BCUT2D eigenvalue weighted by atomic mass is 10.2. The first kappa shape index (κ1) is 14.6. The Labute approximate surface area is 119 Å². The Hall–Kier alpha value is -1.79. The molecule has 0 atom stereocenters. The summed E-state index contributed by atoms with van der Waals surface area (Å²) < 4.78 is 5.74. The van der Waals surface area contributed by atoms with Crippen LogP contribution in [0, 0.1) is 0 Å². The number of aliphatic imine (C=N–C) groups is 1. The second-order valence-corrected chi connectivity index (χ2v) is 4.88. The lowest BCUT2D eigenvalue weighted by Crippen LogP contribution is -2.25. The smallest absolute Gasteiger partial charge is 0.191 e. The van der Waals surface area contributed by atoms with E-state index in [9.17, 15) is 5.11 Å². The van der Waals surface area contributed by atoms with E-state index in [0.717, 1.165) is 19.6 Å². The molecule has 6 heteroatoms. The average molecular weight is 278 g/mol. The molecule has 0 unspecified atom stereocenters. The second-order valence-electron chi connectivity index (χ2n) is 4.88. The third-order valence-electron chi connectivity index (χ3n) is 3.34. The van der Waals surface area contributed by atoms with Gasteiger partial charge in [-0.25, -0.2) is 4.99 Å². The van der Waals surface area contributed by atoms with Gasteiger partial charge in [0.05, 0.1) is 12.3 Å². The standard InChI is InChI=1S/C14H22N4O2/c15-14(16)17-12-3-4-13(11(9-12)10-19)20-8-7-18-5-1-2-6-18/h3-4,9,19H,1-2,5-8,10H2,(H4,15,16,17). The molecule has 0 bridgehead atoms. The van der Waals surface area contributed by atoms with Gasteiger partial charge in [-0.05, 0) is 44.1 Å².